The van der Waals surface area contributed by atoms with E-state index in [0.29, 0.717) is 10.5 Å². The minimum atomic E-state index is -0.243. The van der Waals surface area contributed by atoms with Crippen LogP contribution in [0.15, 0.2) is 28.1 Å². The first-order chi connectivity index (χ1) is 8.74. The largest absolute Gasteiger partial charge is 0.309 e. The summed E-state index contributed by atoms with van der Waals surface area (Å²) >= 11 is 4.82. The third-order valence-corrected chi connectivity index (χ3v) is 4.62. The molecule has 0 aliphatic carbocycles. The van der Waals surface area contributed by atoms with E-state index in [1.807, 2.05) is 0 Å². The minimum absolute atomic E-state index is 0.243. The van der Waals surface area contributed by atoms with Gasteiger partial charge < -0.3 is 5.32 Å². The Bertz CT molecular complexity index is 564. The lowest BCUT2D eigenvalue weighted by Crippen LogP contribution is -2.12. The van der Waals surface area contributed by atoms with Gasteiger partial charge in [-0.15, -0.1) is 11.3 Å². The smallest absolute Gasteiger partial charge is 0.137 e. The number of thiazole rings is 1. The van der Waals surface area contributed by atoms with Crippen LogP contribution in [0.25, 0.3) is 10.6 Å². The quantitative estimate of drug-likeness (QED) is 0.897. The summed E-state index contributed by atoms with van der Waals surface area (Å²) in [5.41, 5.74) is 2.06. The van der Waals surface area contributed by atoms with Crippen LogP contribution < -0.4 is 5.32 Å². The second-order valence-corrected chi connectivity index (χ2v) is 6.07. The van der Waals surface area contributed by atoms with Gasteiger partial charge in [-0.3, -0.25) is 0 Å². The van der Waals surface area contributed by atoms with Gasteiger partial charge in [0.2, 0.25) is 0 Å². The molecule has 0 amide bonds. The topological polar surface area (TPSA) is 24.9 Å². The van der Waals surface area contributed by atoms with Gasteiger partial charge in [-0.2, -0.15) is 0 Å². The van der Waals surface area contributed by atoms with E-state index in [-0.39, 0.29) is 5.82 Å². The molecule has 94 valence electrons. The number of halogens is 2. The van der Waals surface area contributed by atoms with E-state index >= 15 is 0 Å². The highest BCUT2D eigenvalue weighted by atomic mass is 79.9. The third kappa shape index (κ3) is 2.35. The molecule has 1 aliphatic heterocycles. The maximum atomic E-state index is 13.2. The van der Waals surface area contributed by atoms with Crippen molar-refractivity contribution in [1.82, 2.24) is 10.3 Å². The zero-order valence-electron chi connectivity index (χ0n) is 9.62. The van der Waals surface area contributed by atoms with Crippen LogP contribution in [-0.4, -0.2) is 11.5 Å². The first-order valence-electron chi connectivity index (χ1n) is 5.88. The second-order valence-electron chi connectivity index (χ2n) is 4.36. The normalized spacial score (nSPS) is 19.3. The molecule has 2 nitrogen and oxygen atoms in total. The van der Waals surface area contributed by atoms with Crippen molar-refractivity contribution in [3.8, 4) is 10.6 Å². The van der Waals surface area contributed by atoms with E-state index in [4.69, 9.17) is 0 Å². The summed E-state index contributed by atoms with van der Waals surface area (Å²) in [5.74, 6) is -0.243. The number of hydrogen-bond donors (Lipinski definition) is 1. The molecule has 0 saturated carbocycles. The fourth-order valence-electron chi connectivity index (χ4n) is 2.14. The number of hydrogen-bond acceptors (Lipinski definition) is 3. The zero-order valence-corrected chi connectivity index (χ0v) is 12.0. The van der Waals surface area contributed by atoms with Crippen LogP contribution in [0.1, 0.15) is 24.6 Å². The Kier molecular flexibility index (Phi) is 3.46. The summed E-state index contributed by atoms with van der Waals surface area (Å²) in [5, 5.41) is 6.47. The van der Waals surface area contributed by atoms with Crippen molar-refractivity contribution in [2.75, 3.05) is 6.54 Å². The fourth-order valence-corrected chi connectivity index (χ4v) is 3.39. The maximum Gasteiger partial charge on any atom is 0.137 e. The molecule has 1 aliphatic rings. The molecule has 1 unspecified atom stereocenters. The molecule has 1 aromatic carbocycles. The Balaban J connectivity index is 1.89. The molecule has 1 aromatic heterocycles. The SMILES string of the molecule is Fc1ccc(-c2nc(C3CCCN3)cs2)cc1Br. The molecule has 0 bridgehead atoms. The van der Waals surface area contributed by atoms with Gasteiger partial charge in [-0.25, -0.2) is 9.37 Å². The first-order valence-corrected chi connectivity index (χ1v) is 7.55. The number of nitrogens with zero attached hydrogens (tertiary/aromatic N) is 1. The van der Waals surface area contributed by atoms with Crippen molar-refractivity contribution in [2.45, 2.75) is 18.9 Å². The molecule has 0 radical (unpaired) electrons. The van der Waals surface area contributed by atoms with Gasteiger partial charge in [0.05, 0.1) is 16.2 Å². The van der Waals surface area contributed by atoms with Crippen molar-refractivity contribution >= 4 is 27.3 Å². The summed E-state index contributed by atoms with van der Waals surface area (Å²) in [7, 11) is 0. The molecule has 2 heterocycles. The van der Waals surface area contributed by atoms with E-state index in [2.05, 4.69) is 31.6 Å². The highest BCUT2D eigenvalue weighted by molar-refractivity contribution is 9.10. The van der Waals surface area contributed by atoms with Gasteiger partial charge in [0.15, 0.2) is 0 Å². The van der Waals surface area contributed by atoms with E-state index in [1.54, 1.807) is 23.5 Å². The van der Waals surface area contributed by atoms with Crippen LogP contribution in [0, 0.1) is 5.82 Å². The number of benzene rings is 1. The van der Waals surface area contributed by atoms with E-state index in [0.717, 1.165) is 29.2 Å². The zero-order chi connectivity index (χ0) is 12.5. The Labute approximate surface area is 117 Å². The van der Waals surface area contributed by atoms with Crippen molar-refractivity contribution in [2.24, 2.45) is 0 Å². The second kappa shape index (κ2) is 5.07. The number of nitrogens with one attached hydrogen (secondary N) is 1. The van der Waals surface area contributed by atoms with E-state index < -0.39 is 0 Å². The lowest BCUT2D eigenvalue weighted by atomic mass is 10.2. The Morgan fingerprint density at radius 1 is 1.44 bits per heavy atom. The number of aromatic nitrogens is 1. The molecule has 1 fully saturated rings. The monoisotopic (exact) mass is 326 g/mol. The molecule has 1 N–H and O–H groups in total. The Hall–Kier alpha value is -0.780. The summed E-state index contributed by atoms with van der Waals surface area (Å²) in [6, 6.07) is 5.40. The summed E-state index contributed by atoms with van der Waals surface area (Å²) in [6.07, 6.45) is 2.36. The van der Waals surface area contributed by atoms with Gasteiger partial charge in [0.25, 0.3) is 0 Å². The Morgan fingerprint density at radius 2 is 2.33 bits per heavy atom. The van der Waals surface area contributed by atoms with Gasteiger partial charge in [-0.05, 0) is 53.5 Å². The van der Waals surface area contributed by atoms with Gasteiger partial charge in [0, 0.05) is 10.9 Å². The Morgan fingerprint density at radius 3 is 3.06 bits per heavy atom. The molecule has 5 heteroatoms. The van der Waals surface area contributed by atoms with E-state index in [9.17, 15) is 4.39 Å². The third-order valence-electron chi connectivity index (χ3n) is 3.11. The van der Waals surface area contributed by atoms with E-state index in [1.165, 1.54) is 12.5 Å². The van der Waals surface area contributed by atoms with Crippen LogP contribution in [0.2, 0.25) is 0 Å². The molecule has 2 aromatic rings. The molecule has 3 rings (SSSR count). The summed E-state index contributed by atoms with van der Waals surface area (Å²) in [6.45, 7) is 1.07. The molecular formula is C13H12BrFN2S. The van der Waals surface area contributed by atoms with Crippen molar-refractivity contribution < 1.29 is 4.39 Å². The first kappa shape index (κ1) is 12.3. The van der Waals surface area contributed by atoms with Gasteiger partial charge >= 0.3 is 0 Å². The van der Waals surface area contributed by atoms with Crippen molar-refractivity contribution in [1.29, 1.82) is 0 Å². The van der Waals surface area contributed by atoms with Crippen LogP contribution in [0.3, 0.4) is 0 Å². The van der Waals surface area contributed by atoms with Crippen LogP contribution in [-0.2, 0) is 0 Å². The predicted molar refractivity (Wildman–Crippen MR) is 75.2 cm³/mol. The lowest BCUT2D eigenvalue weighted by molar-refractivity contribution is 0.621. The molecule has 18 heavy (non-hydrogen) atoms. The average Bonchev–Trinajstić information content (AvgIpc) is 3.01. The summed E-state index contributed by atoms with van der Waals surface area (Å²) in [4.78, 5) is 4.65. The van der Waals surface area contributed by atoms with Crippen molar-refractivity contribution in [3.63, 3.8) is 0 Å². The van der Waals surface area contributed by atoms with Crippen LogP contribution in [0.5, 0.6) is 0 Å². The minimum Gasteiger partial charge on any atom is -0.309 e. The fraction of sp³-hybridized carbons (Fsp3) is 0.308. The maximum absolute atomic E-state index is 13.2. The van der Waals surface area contributed by atoms with Crippen LogP contribution >= 0.6 is 27.3 Å². The molecule has 1 atom stereocenters. The lowest BCUT2D eigenvalue weighted by Gasteiger charge is -2.05. The van der Waals surface area contributed by atoms with Crippen LogP contribution in [0.4, 0.5) is 4.39 Å². The number of rotatable bonds is 2. The highest BCUT2D eigenvalue weighted by Gasteiger charge is 2.19. The standard InChI is InChI=1S/C13H12BrFN2S/c14-9-6-8(3-4-10(9)15)13-17-12(7-18-13)11-2-1-5-16-11/h3-4,6-7,11,16H,1-2,5H2. The molecule has 1 saturated heterocycles. The molecular weight excluding hydrogens is 315 g/mol. The average molecular weight is 327 g/mol. The highest BCUT2D eigenvalue weighted by Crippen LogP contribution is 2.31. The van der Waals surface area contributed by atoms with Gasteiger partial charge in [0.1, 0.15) is 10.8 Å². The molecule has 0 spiro atoms. The van der Waals surface area contributed by atoms with Crippen molar-refractivity contribution in [3.05, 3.63) is 39.6 Å². The predicted octanol–water partition coefficient (Wildman–Crippen LogP) is 4.14. The van der Waals surface area contributed by atoms with Gasteiger partial charge in [-0.1, -0.05) is 0 Å². The summed E-state index contributed by atoms with van der Waals surface area (Å²) < 4.78 is 13.7.